The molecule has 0 fully saturated rings. The molecule has 0 aliphatic heterocycles. The number of pyridine rings is 1. The van der Waals surface area contributed by atoms with Crippen molar-refractivity contribution in [1.82, 2.24) is 10.3 Å². The molecule has 0 aromatic carbocycles. The van der Waals surface area contributed by atoms with Crippen LogP contribution >= 0.6 is 0 Å². The van der Waals surface area contributed by atoms with Crippen LogP contribution in [-0.2, 0) is 11.3 Å². The van der Waals surface area contributed by atoms with Crippen molar-refractivity contribution in [1.29, 1.82) is 0 Å². The monoisotopic (exact) mass is 266 g/mol. The zero-order valence-corrected chi connectivity index (χ0v) is 12.5. The molecule has 0 aliphatic rings. The Balaban J connectivity index is 2.51. The predicted octanol–water partition coefficient (Wildman–Crippen LogP) is 2.69. The Bertz CT molecular complexity index is 367. The Morgan fingerprint density at radius 3 is 2.74 bits per heavy atom. The molecule has 0 unspecified atom stereocenters. The van der Waals surface area contributed by atoms with Crippen molar-refractivity contribution in [3.8, 4) is 5.75 Å². The second kappa shape index (κ2) is 8.88. The summed E-state index contributed by atoms with van der Waals surface area (Å²) in [5, 5.41) is 3.38. The minimum Gasteiger partial charge on any atom is -0.491 e. The largest absolute Gasteiger partial charge is 0.491 e. The first-order valence-electron chi connectivity index (χ1n) is 7.03. The van der Waals surface area contributed by atoms with Crippen LogP contribution in [0.25, 0.3) is 0 Å². The summed E-state index contributed by atoms with van der Waals surface area (Å²) in [7, 11) is 0. The van der Waals surface area contributed by atoms with Crippen LogP contribution in [0.2, 0.25) is 0 Å². The zero-order valence-electron chi connectivity index (χ0n) is 12.5. The van der Waals surface area contributed by atoms with Gasteiger partial charge in [0.1, 0.15) is 12.4 Å². The maximum Gasteiger partial charge on any atom is 0.127 e. The van der Waals surface area contributed by atoms with Crippen LogP contribution in [0.3, 0.4) is 0 Å². The number of aryl methyl sites for hydroxylation is 1. The van der Waals surface area contributed by atoms with Crippen molar-refractivity contribution in [3.05, 3.63) is 23.5 Å². The highest BCUT2D eigenvalue weighted by Crippen LogP contribution is 2.18. The summed E-state index contributed by atoms with van der Waals surface area (Å²) in [6.45, 7) is 11.1. The summed E-state index contributed by atoms with van der Waals surface area (Å²) in [5.41, 5.74) is 2.06. The van der Waals surface area contributed by atoms with E-state index in [1.165, 1.54) is 0 Å². The lowest BCUT2D eigenvalue weighted by atomic mass is 10.2. The van der Waals surface area contributed by atoms with Gasteiger partial charge in [-0.25, -0.2) is 0 Å². The molecule has 0 bridgehead atoms. The Kier molecular flexibility index (Phi) is 7.45. The first-order chi connectivity index (χ1) is 9.13. The van der Waals surface area contributed by atoms with Gasteiger partial charge in [-0.2, -0.15) is 0 Å². The molecule has 1 aromatic heterocycles. The van der Waals surface area contributed by atoms with Crippen LogP contribution in [0, 0.1) is 6.92 Å². The van der Waals surface area contributed by atoms with E-state index in [-0.39, 0.29) is 0 Å². The average molecular weight is 266 g/mol. The Morgan fingerprint density at radius 1 is 1.26 bits per heavy atom. The van der Waals surface area contributed by atoms with Crippen LogP contribution in [0.5, 0.6) is 5.75 Å². The van der Waals surface area contributed by atoms with Gasteiger partial charge in [-0.3, -0.25) is 4.98 Å². The van der Waals surface area contributed by atoms with E-state index in [2.05, 4.69) is 31.1 Å². The van der Waals surface area contributed by atoms with E-state index < -0.39 is 0 Å². The Hall–Kier alpha value is -1.13. The molecule has 0 saturated heterocycles. The molecule has 0 amide bonds. The first kappa shape index (κ1) is 15.9. The zero-order chi connectivity index (χ0) is 14.1. The fourth-order valence-corrected chi connectivity index (χ4v) is 1.60. The fourth-order valence-electron chi connectivity index (χ4n) is 1.60. The van der Waals surface area contributed by atoms with Gasteiger partial charge in [-0.15, -0.1) is 0 Å². The standard InChI is InChI=1S/C15H26N2O2/c1-5-6-18-7-8-19-15-9-13(4)17-11-14(15)10-16-12(2)3/h9,11-12,16H,5-8,10H2,1-4H3. The number of nitrogens with zero attached hydrogens (tertiary/aromatic N) is 1. The van der Waals surface area contributed by atoms with Crippen molar-refractivity contribution < 1.29 is 9.47 Å². The minimum absolute atomic E-state index is 0.446. The third-order valence-electron chi connectivity index (χ3n) is 2.61. The van der Waals surface area contributed by atoms with E-state index in [0.29, 0.717) is 19.3 Å². The Labute approximate surface area is 116 Å². The number of hydrogen-bond acceptors (Lipinski definition) is 4. The van der Waals surface area contributed by atoms with E-state index in [0.717, 1.165) is 36.6 Å². The number of rotatable bonds is 9. The molecule has 0 aliphatic carbocycles. The van der Waals surface area contributed by atoms with Gasteiger partial charge in [-0.1, -0.05) is 20.8 Å². The highest BCUT2D eigenvalue weighted by atomic mass is 16.5. The van der Waals surface area contributed by atoms with Gasteiger partial charge >= 0.3 is 0 Å². The van der Waals surface area contributed by atoms with Gasteiger partial charge in [0.05, 0.1) is 6.61 Å². The molecule has 19 heavy (non-hydrogen) atoms. The highest BCUT2D eigenvalue weighted by Gasteiger charge is 2.06. The Morgan fingerprint density at radius 2 is 2.05 bits per heavy atom. The average Bonchev–Trinajstić information content (AvgIpc) is 2.37. The number of nitrogens with one attached hydrogen (secondary N) is 1. The summed E-state index contributed by atoms with van der Waals surface area (Å²) >= 11 is 0. The van der Waals surface area contributed by atoms with Crippen LogP contribution in [0.1, 0.15) is 38.4 Å². The summed E-state index contributed by atoms with van der Waals surface area (Å²) in [5.74, 6) is 0.903. The molecule has 0 radical (unpaired) electrons. The van der Waals surface area contributed by atoms with E-state index in [4.69, 9.17) is 9.47 Å². The molecule has 1 heterocycles. The predicted molar refractivity (Wildman–Crippen MR) is 77.6 cm³/mol. The van der Waals surface area contributed by atoms with Gasteiger partial charge in [-0.05, 0) is 13.3 Å². The molecule has 0 atom stereocenters. The van der Waals surface area contributed by atoms with E-state index in [1.54, 1.807) is 0 Å². The van der Waals surface area contributed by atoms with Gasteiger partial charge < -0.3 is 14.8 Å². The van der Waals surface area contributed by atoms with Gasteiger partial charge in [0, 0.05) is 42.7 Å². The van der Waals surface area contributed by atoms with Gasteiger partial charge in [0.25, 0.3) is 0 Å². The molecule has 1 N–H and O–H groups in total. The van der Waals surface area contributed by atoms with E-state index in [9.17, 15) is 0 Å². The van der Waals surface area contributed by atoms with Crippen LogP contribution in [0.4, 0.5) is 0 Å². The number of hydrogen-bond donors (Lipinski definition) is 1. The molecule has 1 aromatic rings. The molecule has 0 spiro atoms. The fraction of sp³-hybridized carbons (Fsp3) is 0.667. The molecule has 0 saturated carbocycles. The third-order valence-corrected chi connectivity index (χ3v) is 2.61. The number of aromatic nitrogens is 1. The second-order valence-electron chi connectivity index (χ2n) is 4.93. The number of ether oxygens (including phenoxy) is 2. The smallest absolute Gasteiger partial charge is 0.127 e. The van der Waals surface area contributed by atoms with Crippen molar-refractivity contribution >= 4 is 0 Å². The lowest BCUT2D eigenvalue weighted by molar-refractivity contribution is 0.100. The molecule has 1 rings (SSSR count). The lowest BCUT2D eigenvalue weighted by Crippen LogP contribution is -2.22. The van der Waals surface area contributed by atoms with E-state index >= 15 is 0 Å². The van der Waals surface area contributed by atoms with Crippen molar-refractivity contribution in [2.75, 3.05) is 19.8 Å². The second-order valence-corrected chi connectivity index (χ2v) is 4.93. The van der Waals surface area contributed by atoms with Gasteiger partial charge in [0.15, 0.2) is 0 Å². The molecule has 4 nitrogen and oxygen atoms in total. The maximum atomic E-state index is 5.79. The van der Waals surface area contributed by atoms with E-state index in [1.807, 2.05) is 19.2 Å². The van der Waals surface area contributed by atoms with Crippen molar-refractivity contribution in [3.63, 3.8) is 0 Å². The summed E-state index contributed by atoms with van der Waals surface area (Å²) in [6, 6.07) is 2.43. The minimum atomic E-state index is 0.446. The molecular weight excluding hydrogens is 240 g/mol. The summed E-state index contributed by atoms with van der Waals surface area (Å²) in [6.07, 6.45) is 2.92. The maximum absolute atomic E-state index is 5.79. The van der Waals surface area contributed by atoms with Gasteiger partial charge in [0.2, 0.25) is 0 Å². The van der Waals surface area contributed by atoms with Crippen molar-refractivity contribution in [2.45, 2.75) is 46.7 Å². The van der Waals surface area contributed by atoms with Crippen LogP contribution in [-0.4, -0.2) is 30.8 Å². The first-order valence-corrected chi connectivity index (χ1v) is 7.03. The quantitative estimate of drug-likeness (QED) is 0.698. The topological polar surface area (TPSA) is 43.4 Å². The summed E-state index contributed by atoms with van der Waals surface area (Å²) < 4.78 is 11.2. The SMILES string of the molecule is CCCOCCOc1cc(C)ncc1CNC(C)C. The molecule has 4 heteroatoms. The molecular formula is C15H26N2O2. The summed E-state index contributed by atoms with van der Waals surface area (Å²) in [4.78, 5) is 4.32. The van der Waals surface area contributed by atoms with Crippen LogP contribution < -0.4 is 10.1 Å². The highest BCUT2D eigenvalue weighted by molar-refractivity contribution is 5.32. The third kappa shape index (κ3) is 6.55. The lowest BCUT2D eigenvalue weighted by Gasteiger charge is -2.14. The van der Waals surface area contributed by atoms with Crippen LogP contribution in [0.15, 0.2) is 12.3 Å². The molecule has 108 valence electrons. The normalized spacial score (nSPS) is 11.0. The van der Waals surface area contributed by atoms with Crippen molar-refractivity contribution in [2.24, 2.45) is 0 Å².